The molecule has 0 bridgehead atoms. The Bertz CT molecular complexity index is 318. The van der Waals surface area contributed by atoms with Crippen LogP contribution in [0.2, 0.25) is 0 Å². The number of rotatable bonds is 3. The molecule has 0 spiro atoms. The van der Waals surface area contributed by atoms with E-state index in [0.29, 0.717) is 6.42 Å². The minimum Gasteiger partial charge on any atom is -0.481 e. The fourth-order valence-electron chi connectivity index (χ4n) is 2.68. The maximum atomic E-state index is 11.8. The molecule has 0 aromatic heterocycles. The zero-order chi connectivity index (χ0) is 13.0. The molecular weight excluding hydrogens is 252 g/mol. The van der Waals surface area contributed by atoms with Gasteiger partial charge < -0.3 is 15.7 Å². The molecule has 0 radical (unpaired) electrons. The summed E-state index contributed by atoms with van der Waals surface area (Å²) in [6.45, 7) is 0. The number of carboxylic acids is 1. The number of nitrogens with one attached hydrogen (secondary N) is 2. The van der Waals surface area contributed by atoms with Crippen LogP contribution in [0.25, 0.3) is 0 Å². The molecule has 2 rings (SSSR count). The Morgan fingerprint density at radius 3 is 2.61 bits per heavy atom. The lowest BCUT2D eigenvalue weighted by molar-refractivity contribution is -0.142. The molecular formula is C12H20N2O3S. The fraction of sp³-hybridized carbons (Fsp3) is 0.833. The molecule has 1 aliphatic heterocycles. The van der Waals surface area contributed by atoms with E-state index in [0.717, 1.165) is 31.4 Å². The Labute approximate surface area is 111 Å². The predicted octanol–water partition coefficient (Wildman–Crippen LogP) is 1.43. The van der Waals surface area contributed by atoms with Crippen molar-refractivity contribution >= 4 is 23.8 Å². The maximum absolute atomic E-state index is 11.8. The number of hydrogen-bond donors (Lipinski definition) is 3. The van der Waals surface area contributed by atoms with Gasteiger partial charge in [0.15, 0.2) is 0 Å². The summed E-state index contributed by atoms with van der Waals surface area (Å²) in [5.41, 5.74) is 0. The van der Waals surface area contributed by atoms with Crippen LogP contribution in [0.4, 0.5) is 4.79 Å². The first kappa shape index (κ1) is 13.5. The highest BCUT2D eigenvalue weighted by atomic mass is 32.2. The van der Waals surface area contributed by atoms with E-state index in [1.165, 1.54) is 5.75 Å². The summed E-state index contributed by atoms with van der Waals surface area (Å²) in [7, 11) is 0. The number of urea groups is 1. The molecule has 3 atom stereocenters. The molecule has 2 amide bonds. The molecule has 6 heteroatoms. The molecule has 2 aliphatic rings. The molecule has 18 heavy (non-hydrogen) atoms. The Hall–Kier alpha value is -0.910. The van der Waals surface area contributed by atoms with Crippen LogP contribution >= 0.6 is 11.8 Å². The van der Waals surface area contributed by atoms with Crippen LogP contribution in [0, 0.1) is 5.92 Å². The van der Waals surface area contributed by atoms with E-state index in [9.17, 15) is 9.59 Å². The molecule has 2 fully saturated rings. The highest BCUT2D eigenvalue weighted by Crippen LogP contribution is 2.25. The minimum absolute atomic E-state index is 0.208. The largest absolute Gasteiger partial charge is 0.481 e. The van der Waals surface area contributed by atoms with Gasteiger partial charge in [0.25, 0.3) is 0 Å². The molecule has 1 saturated carbocycles. The molecule has 3 unspecified atom stereocenters. The molecule has 1 heterocycles. The van der Waals surface area contributed by atoms with E-state index in [1.54, 1.807) is 0 Å². The van der Waals surface area contributed by atoms with E-state index in [4.69, 9.17) is 5.11 Å². The average molecular weight is 272 g/mol. The number of carbonyl (C=O) groups excluding carboxylic acids is 1. The summed E-state index contributed by atoms with van der Waals surface area (Å²) in [5.74, 6) is 0.909. The lowest BCUT2D eigenvalue weighted by Crippen LogP contribution is -2.49. The summed E-state index contributed by atoms with van der Waals surface area (Å²) in [4.78, 5) is 22.8. The summed E-state index contributed by atoms with van der Waals surface area (Å²) in [6.07, 6.45) is 4.47. The molecule has 3 N–H and O–H groups in total. The quantitative estimate of drug-likeness (QED) is 0.726. The maximum Gasteiger partial charge on any atom is 0.315 e. The normalized spacial score (nSPS) is 31.9. The van der Waals surface area contributed by atoms with Gasteiger partial charge in [-0.1, -0.05) is 6.42 Å². The standard InChI is InChI=1S/C12H20N2O3S/c15-11(16)9-4-1-5-10(9)14-12(17)13-8-3-2-6-18-7-8/h8-10H,1-7H2,(H,15,16)(H2,13,14,17). The van der Waals surface area contributed by atoms with Crippen molar-refractivity contribution in [1.82, 2.24) is 10.6 Å². The first-order valence-electron chi connectivity index (χ1n) is 6.54. The van der Waals surface area contributed by atoms with Gasteiger partial charge in [0.05, 0.1) is 5.92 Å². The SMILES string of the molecule is O=C(NC1CCCSC1)NC1CCCC1C(=O)O. The van der Waals surface area contributed by atoms with Gasteiger partial charge in [-0.2, -0.15) is 11.8 Å². The van der Waals surface area contributed by atoms with Crippen LogP contribution in [-0.4, -0.2) is 40.7 Å². The van der Waals surface area contributed by atoms with Crippen molar-refractivity contribution in [2.75, 3.05) is 11.5 Å². The predicted molar refractivity (Wildman–Crippen MR) is 70.8 cm³/mol. The summed E-state index contributed by atoms with van der Waals surface area (Å²) in [6, 6.07) is -0.187. The molecule has 102 valence electrons. The second-order valence-electron chi connectivity index (χ2n) is 5.01. The van der Waals surface area contributed by atoms with Gasteiger partial charge in [0.2, 0.25) is 0 Å². The number of carboxylic acid groups (broad SMARTS) is 1. The number of hydrogen-bond acceptors (Lipinski definition) is 3. The number of aliphatic carboxylic acids is 1. The van der Waals surface area contributed by atoms with E-state index in [1.807, 2.05) is 11.8 Å². The van der Waals surface area contributed by atoms with Crippen LogP contribution in [0.15, 0.2) is 0 Å². The zero-order valence-electron chi connectivity index (χ0n) is 10.4. The first-order valence-corrected chi connectivity index (χ1v) is 7.70. The second kappa shape index (κ2) is 6.31. The van der Waals surface area contributed by atoms with Gasteiger partial charge in [-0.15, -0.1) is 0 Å². The summed E-state index contributed by atoms with van der Waals surface area (Å²) >= 11 is 1.86. The smallest absolute Gasteiger partial charge is 0.315 e. The van der Waals surface area contributed by atoms with Crippen molar-refractivity contribution in [2.24, 2.45) is 5.92 Å². The Balaban J connectivity index is 1.77. The number of carbonyl (C=O) groups is 2. The average Bonchev–Trinajstić information content (AvgIpc) is 2.78. The summed E-state index contributed by atoms with van der Waals surface area (Å²) in [5, 5.41) is 14.8. The Morgan fingerprint density at radius 1 is 1.11 bits per heavy atom. The molecule has 0 aromatic carbocycles. The number of thioether (sulfide) groups is 1. The van der Waals surface area contributed by atoms with Crippen molar-refractivity contribution in [3.05, 3.63) is 0 Å². The third kappa shape index (κ3) is 3.54. The Kier molecular flexibility index (Phi) is 4.74. The van der Waals surface area contributed by atoms with Crippen molar-refractivity contribution in [2.45, 2.75) is 44.2 Å². The van der Waals surface area contributed by atoms with E-state index in [-0.39, 0.29) is 18.1 Å². The van der Waals surface area contributed by atoms with Crippen LogP contribution in [0.1, 0.15) is 32.1 Å². The third-order valence-electron chi connectivity index (χ3n) is 3.65. The highest BCUT2D eigenvalue weighted by molar-refractivity contribution is 7.99. The van der Waals surface area contributed by atoms with Crippen molar-refractivity contribution in [3.63, 3.8) is 0 Å². The van der Waals surface area contributed by atoms with Crippen molar-refractivity contribution < 1.29 is 14.7 Å². The fourth-order valence-corrected chi connectivity index (χ4v) is 3.75. The van der Waals surface area contributed by atoms with Gasteiger partial charge in [-0.25, -0.2) is 4.79 Å². The second-order valence-corrected chi connectivity index (χ2v) is 6.16. The van der Waals surface area contributed by atoms with E-state index in [2.05, 4.69) is 10.6 Å². The molecule has 1 aliphatic carbocycles. The van der Waals surface area contributed by atoms with Crippen molar-refractivity contribution in [1.29, 1.82) is 0 Å². The molecule has 5 nitrogen and oxygen atoms in total. The van der Waals surface area contributed by atoms with Gasteiger partial charge in [-0.05, 0) is 31.4 Å². The minimum atomic E-state index is -0.800. The third-order valence-corrected chi connectivity index (χ3v) is 4.86. The van der Waals surface area contributed by atoms with Gasteiger partial charge in [-0.3, -0.25) is 4.79 Å². The van der Waals surface area contributed by atoms with Gasteiger partial charge >= 0.3 is 12.0 Å². The van der Waals surface area contributed by atoms with Crippen LogP contribution in [0.3, 0.4) is 0 Å². The van der Waals surface area contributed by atoms with Gasteiger partial charge in [0, 0.05) is 17.8 Å². The lowest BCUT2D eigenvalue weighted by Gasteiger charge is -2.24. The van der Waals surface area contributed by atoms with Crippen LogP contribution in [-0.2, 0) is 4.79 Å². The van der Waals surface area contributed by atoms with Crippen LogP contribution in [0.5, 0.6) is 0 Å². The molecule has 0 aromatic rings. The first-order chi connectivity index (χ1) is 8.66. The molecule has 1 saturated heterocycles. The monoisotopic (exact) mass is 272 g/mol. The van der Waals surface area contributed by atoms with E-state index < -0.39 is 11.9 Å². The number of amides is 2. The highest BCUT2D eigenvalue weighted by Gasteiger charge is 2.34. The van der Waals surface area contributed by atoms with E-state index >= 15 is 0 Å². The van der Waals surface area contributed by atoms with Gasteiger partial charge in [0.1, 0.15) is 0 Å². The van der Waals surface area contributed by atoms with Crippen LogP contribution < -0.4 is 10.6 Å². The topological polar surface area (TPSA) is 78.4 Å². The Morgan fingerprint density at radius 2 is 1.94 bits per heavy atom. The lowest BCUT2D eigenvalue weighted by atomic mass is 10.0. The zero-order valence-corrected chi connectivity index (χ0v) is 11.2. The van der Waals surface area contributed by atoms with Crippen molar-refractivity contribution in [3.8, 4) is 0 Å². The summed E-state index contributed by atoms with van der Waals surface area (Å²) < 4.78 is 0.